The summed E-state index contributed by atoms with van der Waals surface area (Å²) in [6.45, 7) is 2.86. The molecule has 0 radical (unpaired) electrons. The quantitative estimate of drug-likeness (QED) is 0.443. The number of methoxy groups -OCH3 is 1. The number of fused-ring (bicyclic) bond motifs is 4. The fourth-order valence-corrected chi connectivity index (χ4v) is 5.25. The summed E-state index contributed by atoms with van der Waals surface area (Å²) in [5.41, 5.74) is 2.50. The van der Waals surface area contributed by atoms with Crippen molar-refractivity contribution in [2.24, 2.45) is 0 Å². The molecule has 0 saturated carbocycles. The molecule has 3 aromatic rings. The van der Waals surface area contributed by atoms with Gasteiger partial charge >= 0.3 is 6.03 Å². The molecule has 2 N–H and O–H groups in total. The van der Waals surface area contributed by atoms with E-state index in [0.29, 0.717) is 31.8 Å². The molecule has 8 heteroatoms. The van der Waals surface area contributed by atoms with Crippen molar-refractivity contribution >= 4 is 22.8 Å². The highest BCUT2D eigenvalue weighted by molar-refractivity contribution is 6.08. The van der Waals surface area contributed by atoms with Crippen LogP contribution in [0.15, 0.2) is 42.5 Å². The molecule has 1 saturated heterocycles. The first-order valence-electron chi connectivity index (χ1n) is 11.1. The molecule has 8 nitrogen and oxygen atoms in total. The van der Waals surface area contributed by atoms with Gasteiger partial charge in [-0.15, -0.1) is 0 Å². The van der Waals surface area contributed by atoms with E-state index in [9.17, 15) is 14.7 Å². The number of aromatic hydroxyl groups is 1. The van der Waals surface area contributed by atoms with Crippen LogP contribution in [-0.4, -0.2) is 64.7 Å². The van der Waals surface area contributed by atoms with Crippen molar-refractivity contribution in [3.05, 3.63) is 59.3 Å². The summed E-state index contributed by atoms with van der Waals surface area (Å²) in [7, 11) is 3.16. The zero-order valence-electron chi connectivity index (χ0n) is 18.9. The highest BCUT2D eigenvalue weighted by atomic mass is 16.5. The zero-order valence-corrected chi connectivity index (χ0v) is 18.9. The summed E-state index contributed by atoms with van der Waals surface area (Å²) in [6, 6.07) is 11.8. The lowest BCUT2D eigenvalue weighted by molar-refractivity contribution is -0.133. The fourth-order valence-electron chi connectivity index (χ4n) is 5.25. The summed E-state index contributed by atoms with van der Waals surface area (Å²) in [5.74, 6) is 0.625. The molecule has 3 amide bonds. The molecule has 2 aliphatic heterocycles. The SMILES string of the molecule is CCC12Cc3c([nH]c4ccc(OCCOC)cc34)C(c3cccc(O)c3)N1C(=O)N(C)C2=O. The number of ether oxygens (including phenoxy) is 2. The Kier molecular flexibility index (Phi) is 5.05. The number of rotatable bonds is 6. The van der Waals surface area contributed by atoms with E-state index in [0.717, 1.165) is 27.7 Å². The molecule has 2 atom stereocenters. The minimum Gasteiger partial charge on any atom is -0.508 e. The van der Waals surface area contributed by atoms with Gasteiger partial charge in [0.05, 0.1) is 6.61 Å². The zero-order chi connectivity index (χ0) is 23.3. The molecule has 2 aromatic carbocycles. The number of hydrogen-bond donors (Lipinski definition) is 2. The molecule has 3 heterocycles. The number of carbonyl (C=O) groups excluding carboxylic acids is 2. The Bertz CT molecular complexity index is 1250. The average molecular weight is 450 g/mol. The summed E-state index contributed by atoms with van der Waals surface area (Å²) >= 11 is 0. The molecular weight excluding hydrogens is 422 g/mol. The molecular formula is C25H27N3O5. The summed E-state index contributed by atoms with van der Waals surface area (Å²) in [5, 5.41) is 11.1. The van der Waals surface area contributed by atoms with E-state index in [1.54, 1.807) is 30.2 Å². The lowest BCUT2D eigenvalue weighted by Gasteiger charge is -2.44. The predicted octanol–water partition coefficient (Wildman–Crippen LogP) is 3.59. The van der Waals surface area contributed by atoms with Crippen molar-refractivity contribution in [3.63, 3.8) is 0 Å². The third kappa shape index (κ3) is 3.08. The second kappa shape index (κ2) is 7.81. The van der Waals surface area contributed by atoms with E-state index in [1.165, 1.54) is 11.9 Å². The van der Waals surface area contributed by atoms with Crippen molar-refractivity contribution in [2.75, 3.05) is 27.4 Å². The lowest BCUT2D eigenvalue weighted by atomic mass is 9.78. The topological polar surface area (TPSA) is 95.1 Å². The molecule has 33 heavy (non-hydrogen) atoms. The number of benzene rings is 2. The van der Waals surface area contributed by atoms with Crippen LogP contribution in [0.4, 0.5) is 4.79 Å². The van der Waals surface area contributed by atoms with E-state index < -0.39 is 11.6 Å². The molecule has 0 bridgehead atoms. The van der Waals surface area contributed by atoms with Crippen molar-refractivity contribution in [1.29, 1.82) is 0 Å². The molecule has 0 spiro atoms. The Labute approximate surface area is 191 Å². The number of phenols is 1. The summed E-state index contributed by atoms with van der Waals surface area (Å²) in [6.07, 6.45) is 0.887. The first kappa shape index (κ1) is 21.3. The Hall–Kier alpha value is -3.52. The molecule has 1 aromatic heterocycles. The summed E-state index contributed by atoms with van der Waals surface area (Å²) in [4.78, 5) is 33.2. The number of nitrogens with zero attached hydrogens (tertiary/aromatic N) is 2. The van der Waals surface area contributed by atoms with E-state index >= 15 is 0 Å². The van der Waals surface area contributed by atoms with Gasteiger partial charge in [0.15, 0.2) is 0 Å². The second-order valence-corrected chi connectivity index (χ2v) is 8.64. The number of likely N-dealkylation sites (N-methyl/N-ethyl adjacent to an activating group) is 1. The Morgan fingerprint density at radius 3 is 2.73 bits per heavy atom. The average Bonchev–Trinajstić information content (AvgIpc) is 3.26. The van der Waals surface area contributed by atoms with Crippen LogP contribution in [0.3, 0.4) is 0 Å². The number of imide groups is 1. The van der Waals surface area contributed by atoms with Gasteiger partial charge in [-0.2, -0.15) is 0 Å². The van der Waals surface area contributed by atoms with Crippen LogP contribution in [0.2, 0.25) is 0 Å². The van der Waals surface area contributed by atoms with Crippen molar-refractivity contribution in [3.8, 4) is 11.5 Å². The molecule has 1 fully saturated rings. The third-order valence-electron chi connectivity index (χ3n) is 6.90. The molecule has 2 aliphatic rings. The van der Waals surface area contributed by atoms with Crippen LogP contribution in [-0.2, 0) is 16.0 Å². The molecule has 172 valence electrons. The predicted molar refractivity (Wildman–Crippen MR) is 122 cm³/mol. The number of H-pyrrole nitrogens is 1. The number of urea groups is 1. The highest BCUT2D eigenvalue weighted by Crippen LogP contribution is 2.50. The number of nitrogens with one attached hydrogen (secondary N) is 1. The second-order valence-electron chi connectivity index (χ2n) is 8.64. The van der Waals surface area contributed by atoms with Gasteiger partial charge < -0.3 is 19.6 Å². The maximum atomic E-state index is 13.4. The van der Waals surface area contributed by atoms with Gasteiger partial charge in [0.1, 0.15) is 29.7 Å². The van der Waals surface area contributed by atoms with E-state index in [2.05, 4.69) is 4.98 Å². The van der Waals surface area contributed by atoms with Gasteiger partial charge in [-0.25, -0.2) is 4.79 Å². The van der Waals surface area contributed by atoms with Crippen molar-refractivity contribution in [1.82, 2.24) is 14.8 Å². The van der Waals surface area contributed by atoms with E-state index in [4.69, 9.17) is 9.47 Å². The first-order valence-corrected chi connectivity index (χ1v) is 11.1. The van der Waals surface area contributed by atoms with Crippen LogP contribution in [0.25, 0.3) is 10.9 Å². The summed E-state index contributed by atoms with van der Waals surface area (Å²) < 4.78 is 10.9. The third-order valence-corrected chi connectivity index (χ3v) is 6.90. The van der Waals surface area contributed by atoms with Crippen molar-refractivity contribution in [2.45, 2.75) is 31.3 Å². The van der Waals surface area contributed by atoms with Crippen LogP contribution in [0.1, 0.15) is 36.2 Å². The number of aromatic nitrogens is 1. The number of carbonyl (C=O) groups is 2. The number of phenolic OH excluding ortho intramolecular Hbond substituents is 1. The maximum Gasteiger partial charge on any atom is 0.328 e. The van der Waals surface area contributed by atoms with Gasteiger partial charge in [0.25, 0.3) is 5.91 Å². The molecule has 2 unspecified atom stereocenters. The maximum absolute atomic E-state index is 13.4. The Morgan fingerprint density at radius 1 is 1.18 bits per heavy atom. The lowest BCUT2D eigenvalue weighted by Crippen LogP contribution is -2.55. The number of amides is 3. The van der Waals surface area contributed by atoms with Crippen molar-refractivity contribution < 1.29 is 24.2 Å². The fraction of sp³-hybridized carbons (Fsp3) is 0.360. The Balaban J connectivity index is 1.72. The van der Waals surface area contributed by atoms with Gasteiger partial charge in [-0.1, -0.05) is 19.1 Å². The minimum absolute atomic E-state index is 0.109. The number of hydrogen-bond acceptors (Lipinski definition) is 5. The molecule has 0 aliphatic carbocycles. The first-order chi connectivity index (χ1) is 15.9. The smallest absolute Gasteiger partial charge is 0.328 e. The standard InChI is InChI=1S/C25H27N3O5/c1-4-25-14-19-18-13-17(33-11-10-32-3)8-9-20(18)26-21(19)22(15-6-5-7-16(29)12-15)28(25)24(31)27(2)23(25)30/h5-9,12-13,22,26,29H,4,10-11,14H2,1-3H3. The van der Waals surface area contributed by atoms with Crippen LogP contribution in [0, 0.1) is 0 Å². The van der Waals surface area contributed by atoms with E-state index in [-0.39, 0.29) is 17.7 Å². The van der Waals surface area contributed by atoms with Gasteiger partial charge in [-0.3, -0.25) is 14.6 Å². The monoisotopic (exact) mass is 449 g/mol. The number of aromatic amines is 1. The van der Waals surface area contributed by atoms with Crippen LogP contribution < -0.4 is 4.74 Å². The van der Waals surface area contributed by atoms with Gasteiger partial charge in [0, 0.05) is 37.2 Å². The highest BCUT2D eigenvalue weighted by Gasteiger charge is 2.60. The largest absolute Gasteiger partial charge is 0.508 e. The van der Waals surface area contributed by atoms with E-state index in [1.807, 2.05) is 31.2 Å². The minimum atomic E-state index is -0.989. The molecule has 5 rings (SSSR count). The van der Waals surface area contributed by atoms with Gasteiger partial charge in [-0.05, 0) is 47.9 Å². The normalized spacial score (nSPS) is 22.1. The Morgan fingerprint density at radius 2 is 2.00 bits per heavy atom. The van der Waals surface area contributed by atoms with Gasteiger partial charge in [0.2, 0.25) is 0 Å². The van der Waals surface area contributed by atoms with Crippen LogP contribution in [0.5, 0.6) is 11.5 Å². The van der Waals surface area contributed by atoms with Crippen LogP contribution >= 0.6 is 0 Å².